The van der Waals surface area contributed by atoms with Crippen molar-refractivity contribution in [3.8, 4) is 0 Å². The van der Waals surface area contributed by atoms with Crippen LogP contribution in [0.2, 0.25) is 0 Å². The number of hydrogen-bond donors (Lipinski definition) is 3. The lowest BCUT2D eigenvalue weighted by Crippen LogP contribution is -2.16. The number of rotatable bonds is 3. The fraction of sp³-hybridized carbons (Fsp3) is 0.667. The summed E-state index contributed by atoms with van der Waals surface area (Å²) < 4.78 is 0. The van der Waals surface area contributed by atoms with Crippen molar-refractivity contribution < 1.29 is 0 Å². The molecule has 4 nitrogen and oxygen atoms in total. The van der Waals surface area contributed by atoms with Crippen LogP contribution in [0.3, 0.4) is 0 Å². The smallest absolute Gasteiger partial charge is 0.267 e. The molecule has 72 valence electrons. The molecule has 0 unspecified atom stereocenters. The highest BCUT2D eigenvalue weighted by Gasteiger charge is 2.24. The molecule has 4 heteroatoms. The maximum Gasteiger partial charge on any atom is 0.267 e. The van der Waals surface area contributed by atoms with Crippen molar-refractivity contribution in [2.75, 3.05) is 6.54 Å². The standard InChI is InChI=1S/C9H15N3O/c10-5-4-7-8(6-2-1-3-6)11-12-9(7)13/h6H,1-5,10H2,(H2,11,12,13). The summed E-state index contributed by atoms with van der Waals surface area (Å²) in [6, 6.07) is 0. The molecule has 0 atom stereocenters. The van der Waals surface area contributed by atoms with Crippen LogP contribution >= 0.6 is 0 Å². The van der Waals surface area contributed by atoms with Crippen LogP contribution in [0, 0.1) is 0 Å². The third-order valence-corrected chi connectivity index (χ3v) is 2.82. The molecule has 0 bridgehead atoms. The van der Waals surface area contributed by atoms with Gasteiger partial charge in [-0.15, -0.1) is 0 Å². The lowest BCUT2D eigenvalue weighted by molar-refractivity contribution is 0.408. The summed E-state index contributed by atoms with van der Waals surface area (Å²) in [5.74, 6) is 0.570. The third-order valence-electron chi connectivity index (χ3n) is 2.82. The molecule has 0 aromatic carbocycles. The van der Waals surface area contributed by atoms with Gasteiger partial charge in [-0.2, -0.15) is 0 Å². The molecule has 2 rings (SSSR count). The van der Waals surface area contributed by atoms with Gasteiger partial charge in [0.25, 0.3) is 5.56 Å². The van der Waals surface area contributed by atoms with E-state index in [4.69, 9.17) is 5.73 Å². The molecule has 1 aliphatic carbocycles. The predicted molar refractivity (Wildman–Crippen MR) is 50.8 cm³/mol. The van der Waals surface area contributed by atoms with Crippen molar-refractivity contribution in [1.82, 2.24) is 10.2 Å². The fourth-order valence-electron chi connectivity index (χ4n) is 1.84. The molecule has 0 radical (unpaired) electrons. The maximum absolute atomic E-state index is 11.3. The number of aromatic nitrogens is 2. The van der Waals surface area contributed by atoms with Crippen LogP contribution in [-0.2, 0) is 6.42 Å². The number of hydrogen-bond acceptors (Lipinski definition) is 2. The van der Waals surface area contributed by atoms with Gasteiger partial charge in [0.2, 0.25) is 0 Å². The molecule has 1 fully saturated rings. The molecule has 13 heavy (non-hydrogen) atoms. The fourth-order valence-corrected chi connectivity index (χ4v) is 1.84. The molecule has 0 aliphatic heterocycles. The second-order valence-corrected chi connectivity index (χ2v) is 3.64. The summed E-state index contributed by atoms with van der Waals surface area (Å²) >= 11 is 0. The summed E-state index contributed by atoms with van der Waals surface area (Å²) in [7, 11) is 0. The van der Waals surface area contributed by atoms with Gasteiger partial charge in [-0.3, -0.25) is 9.89 Å². The zero-order valence-electron chi connectivity index (χ0n) is 7.60. The molecular formula is C9H15N3O. The SMILES string of the molecule is NCCc1c(C2CCC2)[nH][nH]c1=O. The van der Waals surface area contributed by atoms with Crippen molar-refractivity contribution in [2.24, 2.45) is 5.73 Å². The van der Waals surface area contributed by atoms with Gasteiger partial charge in [0, 0.05) is 17.2 Å². The average Bonchev–Trinajstić information content (AvgIpc) is 2.33. The maximum atomic E-state index is 11.3. The van der Waals surface area contributed by atoms with Gasteiger partial charge in [0.1, 0.15) is 0 Å². The van der Waals surface area contributed by atoms with Crippen LogP contribution in [0.15, 0.2) is 4.79 Å². The Morgan fingerprint density at radius 1 is 1.38 bits per heavy atom. The molecule has 1 saturated carbocycles. The molecular weight excluding hydrogens is 166 g/mol. The number of H-pyrrole nitrogens is 2. The van der Waals surface area contributed by atoms with E-state index in [0.717, 1.165) is 11.3 Å². The van der Waals surface area contributed by atoms with Gasteiger partial charge in [-0.1, -0.05) is 6.42 Å². The van der Waals surface area contributed by atoms with E-state index in [0.29, 0.717) is 18.9 Å². The topological polar surface area (TPSA) is 74.7 Å². The second kappa shape index (κ2) is 3.38. The first-order valence-electron chi connectivity index (χ1n) is 4.82. The van der Waals surface area contributed by atoms with Gasteiger partial charge >= 0.3 is 0 Å². The number of nitrogens with one attached hydrogen (secondary N) is 2. The lowest BCUT2D eigenvalue weighted by atomic mass is 9.81. The van der Waals surface area contributed by atoms with E-state index < -0.39 is 0 Å². The summed E-state index contributed by atoms with van der Waals surface area (Å²) in [6.07, 6.45) is 4.36. The van der Waals surface area contributed by atoms with Crippen LogP contribution in [0.4, 0.5) is 0 Å². The van der Waals surface area contributed by atoms with E-state index in [-0.39, 0.29) is 5.56 Å². The summed E-state index contributed by atoms with van der Waals surface area (Å²) in [5.41, 5.74) is 7.42. The Kier molecular flexibility index (Phi) is 2.22. The van der Waals surface area contributed by atoms with Crippen LogP contribution in [0.25, 0.3) is 0 Å². The highest BCUT2D eigenvalue weighted by atomic mass is 16.1. The molecule has 1 aromatic heterocycles. The first kappa shape index (κ1) is 8.56. The van der Waals surface area contributed by atoms with E-state index in [9.17, 15) is 4.79 Å². The van der Waals surface area contributed by atoms with Crippen molar-refractivity contribution in [3.63, 3.8) is 0 Å². The second-order valence-electron chi connectivity index (χ2n) is 3.64. The predicted octanol–water partition coefficient (Wildman–Crippen LogP) is 0.472. The first-order chi connectivity index (χ1) is 6.33. The third kappa shape index (κ3) is 1.42. The normalized spacial score (nSPS) is 17.3. The van der Waals surface area contributed by atoms with Gasteiger partial charge in [-0.05, 0) is 25.8 Å². The van der Waals surface area contributed by atoms with E-state index in [1.807, 2.05) is 0 Å². The first-order valence-corrected chi connectivity index (χ1v) is 4.82. The average molecular weight is 181 g/mol. The van der Waals surface area contributed by atoms with Gasteiger partial charge in [0.15, 0.2) is 0 Å². The number of nitrogens with two attached hydrogens (primary N) is 1. The Hall–Kier alpha value is -1.03. The molecule has 1 aromatic rings. The Morgan fingerprint density at radius 2 is 2.15 bits per heavy atom. The molecule has 4 N–H and O–H groups in total. The Labute approximate surface area is 76.5 Å². The van der Waals surface area contributed by atoms with Gasteiger partial charge < -0.3 is 10.8 Å². The molecule has 0 saturated heterocycles. The van der Waals surface area contributed by atoms with Crippen molar-refractivity contribution in [2.45, 2.75) is 31.6 Å². The van der Waals surface area contributed by atoms with Gasteiger partial charge in [-0.25, -0.2) is 0 Å². The minimum Gasteiger partial charge on any atom is -0.330 e. The molecule has 1 aliphatic rings. The molecule has 0 spiro atoms. The van der Waals surface area contributed by atoms with E-state index in [1.54, 1.807) is 0 Å². The zero-order chi connectivity index (χ0) is 9.26. The largest absolute Gasteiger partial charge is 0.330 e. The van der Waals surface area contributed by atoms with Gasteiger partial charge in [0.05, 0.1) is 0 Å². The van der Waals surface area contributed by atoms with Crippen LogP contribution < -0.4 is 11.3 Å². The molecule has 0 amide bonds. The Balaban J connectivity index is 2.27. The van der Waals surface area contributed by atoms with Crippen LogP contribution in [0.5, 0.6) is 0 Å². The Bertz CT molecular complexity index is 335. The monoisotopic (exact) mass is 181 g/mol. The number of aromatic amines is 2. The van der Waals surface area contributed by atoms with Crippen LogP contribution in [-0.4, -0.2) is 16.7 Å². The zero-order valence-corrected chi connectivity index (χ0v) is 7.60. The molecule has 1 heterocycles. The summed E-state index contributed by atoms with van der Waals surface area (Å²) in [5, 5.41) is 5.60. The summed E-state index contributed by atoms with van der Waals surface area (Å²) in [6.45, 7) is 0.542. The van der Waals surface area contributed by atoms with E-state index in [2.05, 4.69) is 10.2 Å². The Morgan fingerprint density at radius 3 is 2.69 bits per heavy atom. The lowest BCUT2D eigenvalue weighted by Gasteiger charge is -2.24. The van der Waals surface area contributed by atoms with Crippen molar-refractivity contribution in [3.05, 3.63) is 21.6 Å². The summed E-state index contributed by atoms with van der Waals surface area (Å²) in [4.78, 5) is 11.3. The highest BCUT2D eigenvalue weighted by Crippen LogP contribution is 2.35. The van der Waals surface area contributed by atoms with E-state index >= 15 is 0 Å². The van der Waals surface area contributed by atoms with Crippen LogP contribution in [0.1, 0.15) is 36.4 Å². The quantitative estimate of drug-likeness (QED) is 0.634. The minimum absolute atomic E-state index is 0.00681. The minimum atomic E-state index is 0.00681. The van der Waals surface area contributed by atoms with E-state index in [1.165, 1.54) is 19.3 Å². The highest BCUT2D eigenvalue weighted by molar-refractivity contribution is 5.22. The van der Waals surface area contributed by atoms with Crippen molar-refractivity contribution >= 4 is 0 Å². The van der Waals surface area contributed by atoms with Crippen molar-refractivity contribution in [1.29, 1.82) is 0 Å².